The Hall–Kier alpha value is -3.61. The molecule has 7 nitrogen and oxygen atoms in total. The average molecular weight is 405 g/mol. The maximum atomic E-state index is 12.5. The first kappa shape index (κ1) is 19.7. The van der Waals surface area contributed by atoms with Crippen LogP contribution in [0.25, 0.3) is 11.1 Å². The van der Waals surface area contributed by atoms with Crippen LogP contribution in [0.5, 0.6) is 0 Å². The zero-order valence-electron chi connectivity index (χ0n) is 16.8. The summed E-state index contributed by atoms with van der Waals surface area (Å²) in [7, 11) is 1.77. The van der Waals surface area contributed by atoms with Crippen molar-refractivity contribution in [2.75, 3.05) is 6.61 Å². The molecule has 1 aliphatic carbocycles. The molecule has 0 radical (unpaired) electrons. The number of carbonyl (C=O) groups is 2. The number of ether oxygens (including phenoxy) is 1. The van der Waals surface area contributed by atoms with Crippen molar-refractivity contribution in [2.24, 2.45) is 7.05 Å². The zero-order valence-corrected chi connectivity index (χ0v) is 16.8. The average Bonchev–Trinajstić information content (AvgIpc) is 3.23. The summed E-state index contributed by atoms with van der Waals surface area (Å²) in [5.74, 6) is -1.08. The Balaban J connectivity index is 1.48. The minimum Gasteiger partial charge on any atom is -0.481 e. The van der Waals surface area contributed by atoms with Gasteiger partial charge in [0.2, 0.25) is 0 Å². The molecule has 1 heterocycles. The Labute approximate surface area is 174 Å². The standard InChI is InChI=1S/C23H23N3O4/c1-14-11-21(25-26(14)2)20(12-22(27)28)24-23(29)30-13-19-17-9-5-3-7-15(17)16-8-4-6-10-18(16)19/h3-11,19-20H,12-13H2,1-2H3,(H,24,29)(H,27,28)/t20-/m0/s1. The van der Waals surface area contributed by atoms with Crippen molar-refractivity contribution >= 4 is 12.1 Å². The van der Waals surface area contributed by atoms with Gasteiger partial charge in [-0.15, -0.1) is 0 Å². The molecule has 0 saturated carbocycles. The van der Waals surface area contributed by atoms with Crippen molar-refractivity contribution in [3.8, 4) is 11.1 Å². The smallest absolute Gasteiger partial charge is 0.407 e. The molecule has 0 unspecified atom stereocenters. The van der Waals surface area contributed by atoms with E-state index in [1.54, 1.807) is 17.8 Å². The molecular weight excluding hydrogens is 382 g/mol. The van der Waals surface area contributed by atoms with Crippen LogP contribution in [0.2, 0.25) is 0 Å². The summed E-state index contributed by atoms with van der Waals surface area (Å²) < 4.78 is 7.18. The predicted octanol–water partition coefficient (Wildman–Crippen LogP) is 3.78. The van der Waals surface area contributed by atoms with Crippen LogP contribution < -0.4 is 5.32 Å². The molecule has 0 saturated heterocycles. The third kappa shape index (κ3) is 3.78. The maximum absolute atomic E-state index is 12.5. The van der Waals surface area contributed by atoms with Gasteiger partial charge in [0.15, 0.2) is 0 Å². The number of hydrogen-bond acceptors (Lipinski definition) is 4. The second kappa shape index (κ2) is 8.02. The predicted molar refractivity (Wildman–Crippen MR) is 111 cm³/mol. The number of carboxylic acid groups (broad SMARTS) is 1. The van der Waals surface area contributed by atoms with E-state index in [1.165, 1.54) is 0 Å². The minimum absolute atomic E-state index is 0.0573. The Morgan fingerprint density at radius 3 is 2.27 bits per heavy atom. The van der Waals surface area contributed by atoms with E-state index in [1.807, 2.05) is 43.3 Å². The molecule has 3 aromatic rings. The lowest BCUT2D eigenvalue weighted by atomic mass is 9.98. The highest BCUT2D eigenvalue weighted by Gasteiger charge is 2.29. The molecule has 1 aromatic heterocycles. The van der Waals surface area contributed by atoms with Crippen molar-refractivity contribution in [1.82, 2.24) is 15.1 Å². The molecule has 30 heavy (non-hydrogen) atoms. The molecule has 2 N–H and O–H groups in total. The number of amides is 1. The van der Waals surface area contributed by atoms with Crippen LogP contribution in [0.4, 0.5) is 4.79 Å². The lowest BCUT2D eigenvalue weighted by Gasteiger charge is -2.17. The topological polar surface area (TPSA) is 93.5 Å². The van der Waals surface area contributed by atoms with Gasteiger partial charge in [0.25, 0.3) is 0 Å². The van der Waals surface area contributed by atoms with Gasteiger partial charge in [-0.3, -0.25) is 9.48 Å². The molecule has 154 valence electrons. The van der Waals surface area contributed by atoms with E-state index in [-0.39, 0.29) is 18.9 Å². The number of carboxylic acids is 1. The third-order valence-electron chi connectivity index (χ3n) is 5.50. The number of aliphatic carboxylic acids is 1. The lowest BCUT2D eigenvalue weighted by molar-refractivity contribution is -0.137. The van der Waals surface area contributed by atoms with Crippen molar-refractivity contribution in [1.29, 1.82) is 0 Å². The third-order valence-corrected chi connectivity index (χ3v) is 5.50. The van der Waals surface area contributed by atoms with Gasteiger partial charge < -0.3 is 15.2 Å². The first-order valence-corrected chi connectivity index (χ1v) is 9.78. The van der Waals surface area contributed by atoms with Crippen LogP contribution in [0.3, 0.4) is 0 Å². The zero-order chi connectivity index (χ0) is 21.3. The number of nitrogens with zero attached hydrogens (tertiary/aromatic N) is 2. The van der Waals surface area contributed by atoms with Crippen LogP contribution in [0, 0.1) is 6.92 Å². The van der Waals surface area contributed by atoms with Crippen LogP contribution in [0.15, 0.2) is 54.6 Å². The summed E-state index contributed by atoms with van der Waals surface area (Å²) in [5.41, 5.74) is 5.90. The largest absolute Gasteiger partial charge is 0.481 e. The number of rotatable bonds is 6. The second-order valence-corrected chi connectivity index (χ2v) is 7.45. The minimum atomic E-state index is -1.03. The van der Waals surface area contributed by atoms with Gasteiger partial charge >= 0.3 is 12.1 Å². The Bertz CT molecular complexity index is 1040. The molecule has 0 spiro atoms. The van der Waals surface area contributed by atoms with E-state index in [4.69, 9.17) is 4.74 Å². The number of carbonyl (C=O) groups excluding carboxylic acids is 1. The van der Waals surface area contributed by atoms with Gasteiger partial charge in [0.1, 0.15) is 6.61 Å². The van der Waals surface area contributed by atoms with Gasteiger partial charge in [-0.2, -0.15) is 5.10 Å². The quantitative estimate of drug-likeness (QED) is 0.651. The lowest BCUT2D eigenvalue weighted by Crippen LogP contribution is -2.32. The number of hydrogen-bond donors (Lipinski definition) is 2. The highest BCUT2D eigenvalue weighted by Crippen LogP contribution is 2.44. The van der Waals surface area contributed by atoms with E-state index in [0.717, 1.165) is 27.9 Å². The van der Waals surface area contributed by atoms with E-state index in [9.17, 15) is 14.7 Å². The molecular formula is C23H23N3O4. The monoisotopic (exact) mass is 405 g/mol. The van der Waals surface area contributed by atoms with Crippen LogP contribution >= 0.6 is 0 Å². The number of aromatic nitrogens is 2. The number of alkyl carbamates (subject to hydrolysis) is 1. The highest BCUT2D eigenvalue weighted by atomic mass is 16.5. The number of fused-ring (bicyclic) bond motifs is 3. The SMILES string of the molecule is Cc1cc([C@H](CC(=O)O)NC(=O)OCC2c3ccccc3-c3ccccc32)nn1C. The summed E-state index contributed by atoms with van der Waals surface area (Å²) in [5, 5.41) is 16.2. The van der Waals surface area contributed by atoms with E-state index in [0.29, 0.717) is 5.69 Å². The van der Waals surface area contributed by atoms with E-state index in [2.05, 4.69) is 22.5 Å². The fraction of sp³-hybridized carbons (Fsp3) is 0.261. The molecule has 0 aliphatic heterocycles. The van der Waals surface area contributed by atoms with E-state index >= 15 is 0 Å². The Morgan fingerprint density at radius 2 is 1.73 bits per heavy atom. The Morgan fingerprint density at radius 1 is 1.13 bits per heavy atom. The van der Waals surface area contributed by atoms with Gasteiger partial charge in [-0.25, -0.2) is 4.79 Å². The van der Waals surface area contributed by atoms with Crippen molar-refractivity contribution in [3.63, 3.8) is 0 Å². The number of aryl methyl sites for hydroxylation is 2. The molecule has 1 atom stereocenters. The summed E-state index contributed by atoms with van der Waals surface area (Å²) in [6.45, 7) is 2.03. The summed E-state index contributed by atoms with van der Waals surface area (Å²) >= 11 is 0. The van der Waals surface area contributed by atoms with Crippen molar-refractivity contribution < 1.29 is 19.4 Å². The summed E-state index contributed by atoms with van der Waals surface area (Å²) in [4.78, 5) is 23.8. The molecule has 7 heteroatoms. The normalized spacial score (nSPS) is 13.4. The van der Waals surface area contributed by atoms with Crippen molar-refractivity contribution in [2.45, 2.75) is 25.3 Å². The summed E-state index contributed by atoms with van der Waals surface area (Å²) in [6.07, 6.45) is -0.938. The van der Waals surface area contributed by atoms with Gasteiger partial charge in [-0.1, -0.05) is 48.5 Å². The Kier molecular flexibility index (Phi) is 5.27. The number of nitrogens with one attached hydrogen (secondary N) is 1. The molecule has 0 bridgehead atoms. The van der Waals surface area contributed by atoms with Gasteiger partial charge in [-0.05, 0) is 35.2 Å². The highest BCUT2D eigenvalue weighted by molar-refractivity contribution is 5.79. The van der Waals surface area contributed by atoms with Crippen LogP contribution in [-0.2, 0) is 16.6 Å². The second-order valence-electron chi connectivity index (χ2n) is 7.45. The molecule has 4 rings (SSSR count). The summed E-state index contributed by atoms with van der Waals surface area (Å²) in [6, 6.07) is 17.2. The van der Waals surface area contributed by atoms with Gasteiger partial charge in [0, 0.05) is 18.7 Å². The van der Waals surface area contributed by atoms with Gasteiger partial charge in [0.05, 0.1) is 18.2 Å². The first-order chi connectivity index (χ1) is 14.4. The van der Waals surface area contributed by atoms with Crippen LogP contribution in [0.1, 0.15) is 40.9 Å². The maximum Gasteiger partial charge on any atom is 0.407 e. The molecule has 0 fully saturated rings. The van der Waals surface area contributed by atoms with Crippen LogP contribution in [-0.4, -0.2) is 33.6 Å². The molecule has 1 amide bonds. The molecule has 1 aliphatic rings. The van der Waals surface area contributed by atoms with E-state index < -0.39 is 18.1 Å². The number of benzene rings is 2. The molecule has 2 aromatic carbocycles. The fourth-order valence-electron chi connectivity index (χ4n) is 3.95. The first-order valence-electron chi connectivity index (χ1n) is 9.78. The fourth-order valence-corrected chi connectivity index (χ4v) is 3.95. The van der Waals surface area contributed by atoms with Crippen molar-refractivity contribution in [3.05, 3.63) is 77.1 Å².